The molecule has 0 atom stereocenters. The van der Waals surface area contributed by atoms with E-state index in [9.17, 15) is 19.1 Å². The van der Waals surface area contributed by atoms with Crippen LogP contribution in [0.2, 0.25) is 0 Å². The van der Waals surface area contributed by atoms with Gasteiger partial charge in [-0.05, 0) is 12.1 Å². The van der Waals surface area contributed by atoms with Gasteiger partial charge in [0.15, 0.2) is 0 Å². The summed E-state index contributed by atoms with van der Waals surface area (Å²) in [4.78, 5) is 24.0. The molecule has 1 saturated heterocycles. The third-order valence-electron chi connectivity index (χ3n) is 3.06. The van der Waals surface area contributed by atoms with Gasteiger partial charge in [-0.1, -0.05) is 0 Å². The van der Waals surface area contributed by atoms with Crippen molar-refractivity contribution in [2.24, 2.45) is 5.84 Å². The van der Waals surface area contributed by atoms with Crippen molar-refractivity contribution in [2.45, 2.75) is 0 Å². The predicted molar refractivity (Wildman–Crippen MR) is 74.7 cm³/mol. The standard InChI is InChI=1S/C11H14N4O4S/c12-13-9-7-8(1-2-10(9)15(17)18)11(16)14-3-5-20(19)6-4-14/h1-2,7,13H,3-6,12H2. The molecule has 0 unspecified atom stereocenters. The molecule has 1 amide bonds. The molecule has 8 nitrogen and oxygen atoms in total. The van der Waals surface area contributed by atoms with E-state index in [1.807, 2.05) is 0 Å². The van der Waals surface area contributed by atoms with Gasteiger partial charge in [0.2, 0.25) is 0 Å². The number of anilines is 1. The van der Waals surface area contributed by atoms with Gasteiger partial charge in [-0.3, -0.25) is 25.0 Å². The summed E-state index contributed by atoms with van der Waals surface area (Å²) < 4.78 is 11.3. The molecule has 0 spiro atoms. The van der Waals surface area contributed by atoms with Crippen LogP contribution in [-0.2, 0) is 10.8 Å². The van der Waals surface area contributed by atoms with E-state index in [1.54, 1.807) is 4.90 Å². The van der Waals surface area contributed by atoms with Crippen molar-refractivity contribution in [2.75, 3.05) is 30.0 Å². The molecule has 1 aliphatic rings. The molecule has 1 fully saturated rings. The van der Waals surface area contributed by atoms with Crippen LogP contribution >= 0.6 is 0 Å². The van der Waals surface area contributed by atoms with Gasteiger partial charge in [-0.15, -0.1) is 0 Å². The number of nitro benzene ring substituents is 1. The average Bonchev–Trinajstić information content (AvgIpc) is 2.46. The lowest BCUT2D eigenvalue weighted by Crippen LogP contribution is -2.41. The number of nitrogens with one attached hydrogen (secondary N) is 1. The zero-order valence-corrected chi connectivity index (χ0v) is 11.4. The lowest BCUT2D eigenvalue weighted by molar-refractivity contribution is -0.384. The van der Waals surface area contributed by atoms with Crippen molar-refractivity contribution < 1.29 is 13.9 Å². The third-order valence-corrected chi connectivity index (χ3v) is 4.34. The number of nitrogens with two attached hydrogens (primary N) is 1. The summed E-state index contributed by atoms with van der Waals surface area (Å²) in [6.45, 7) is 0.849. The highest BCUT2D eigenvalue weighted by atomic mass is 32.2. The Labute approximate surface area is 117 Å². The van der Waals surface area contributed by atoms with Crippen molar-refractivity contribution in [1.29, 1.82) is 0 Å². The molecule has 0 aliphatic carbocycles. The van der Waals surface area contributed by atoms with E-state index in [1.165, 1.54) is 18.2 Å². The Morgan fingerprint density at radius 2 is 2.05 bits per heavy atom. The monoisotopic (exact) mass is 298 g/mol. The maximum atomic E-state index is 12.2. The first-order chi connectivity index (χ1) is 9.52. The topological polar surface area (TPSA) is 119 Å². The summed E-state index contributed by atoms with van der Waals surface area (Å²) in [5.74, 6) is 5.91. The number of hydrogen-bond donors (Lipinski definition) is 2. The summed E-state index contributed by atoms with van der Waals surface area (Å²) in [5.41, 5.74) is 2.43. The second-order valence-electron chi connectivity index (χ2n) is 4.27. The number of amides is 1. The molecule has 0 radical (unpaired) electrons. The van der Waals surface area contributed by atoms with Crippen molar-refractivity contribution in [3.8, 4) is 0 Å². The fraction of sp³-hybridized carbons (Fsp3) is 0.364. The summed E-state index contributed by atoms with van der Waals surface area (Å²) in [6.07, 6.45) is 0. The number of hydrogen-bond acceptors (Lipinski definition) is 6. The van der Waals surface area contributed by atoms with E-state index in [0.29, 0.717) is 30.2 Å². The molecule has 0 bridgehead atoms. The Hall–Kier alpha value is -2.00. The maximum Gasteiger partial charge on any atom is 0.293 e. The zero-order chi connectivity index (χ0) is 14.7. The molecule has 0 saturated carbocycles. The Balaban J connectivity index is 2.22. The van der Waals surface area contributed by atoms with Crippen LogP contribution in [0.3, 0.4) is 0 Å². The number of rotatable bonds is 3. The number of carbonyl (C=O) groups is 1. The molecule has 9 heteroatoms. The highest BCUT2D eigenvalue weighted by molar-refractivity contribution is 7.85. The van der Waals surface area contributed by atoms with Crippen LogP contribution in [0.4, 0.5) is 11.4 Å². The van der Waals surface area contributed by atoms with Crippen LogP contribution in [0.25, 0.3) is 0 Å². The molecular formula is C11H14N4O4S. The average molecular weight is 298 g/mol. The van der Waals surface area contributed by atoms with Gasteiger partial charge in [0, 0.05) is 47.0 Å². The Morgan fingerprint density at radius 1 is 1.40 bits per heavy atom. The number of hydrazine groups is 1. The summed E-state index contributed by atoms with van der Waals surface area (Å²) in [7, 11) is -0.865. The zero-order valence-electron chi connectivity index (χ0n) is 10.6. The minimum absolute atomic E-state index is 0.0847. The lowest BCUT2D eigenvalue weighted by Gasteiger charge is -2.26. The van der Waals surface area contributed by atoms with Crippen molar-refractivity contribution in [3.05, 3.63) is 33.9 Å². The van der Waals surface area contributed by atoms with E-state index in [-0.39, 0.29) is 17.3 Å². The smallest absolute Gasteiger partial charge is 0.293 e. The normalized spacial score (nSPS) is 15.9. The molecule has 108 valence electrons. The lowest BCUT2D eigenvalue weighted by atomic mass is 10.1. The van der Waals surface area contributed by atoms with Crippen LogP contribution in [0.15, 0.2) is 18.2 Å². The van der Waals surface area contributed by atoms with Gasteiger partial charge < -0.3 is 10.3 Å². The van der Waals surface area contributed by atoms with Gasteiger partial charge in [0.05, 0.1) is 4.92 Å². The van der Waals surface area contributed by atoms with E-state index < -0.39 is 15.7 Å². The fourth-order valence-corrected chi connectivity index (χ4v) is 3.02. The van der Waals surface area contributed by atoms with Gasteiger partial charge in [-0.2, -0.15) is 0 Å². The maximum absolute atomic E-state index is 12.2. The fourth-order valence-electron chi connectivity index (χ4n) is 1.97. The van der Waals surface area contributed by atoms with E-state index in [0.717, 1.165) is 0 Å². The molecule has 1 heterocycles. The molecule has 1 aromatic carbocycles. The van der Waals surface area contributed by atoms with Crippen molar-refractivity contribution in [1.82, 2.24) is 4.90 Å². The predicted octanol–water partition coefficient (Wildman–Crippen LogP) is 0.0849. The Morgan fingerprint density at radius 3 is 2.60 bits per heavy atom. The highest BCUT2D eigenvalue weighted by Crippen LogP contribution is 2.25. The van der Waals surface area contributed by atoms with Crippen molar-refractivity contribution in [3.63, 3.8) is 0 Å². The number of nitrogen functional groups attached to an aromatic ring is 1. The van der Waals surface area contributed by atoms with Crippen LogP contribution in [0.1, 0.15) is 10.4 Å². The second-order valence-corrected chi connectivity index (χ2v) is 5.97. The van der Waals surface area contributed by atoms with Gasteiger partial charge in [-0.25, -0.2) is 0 Å². The molecule has 1 aliphatic heterocycles. The Bertz CT molecular complexity index is 568. The number of benzene rings is 1. The third kappa shape index (κ3) is 2.94. The van der Waals surface area contributed by atoms with Crippen molar-refractivity contribution >= 4 is 28.1 Å². The minimum Gasteiger partial charge on any atom is -0.337 e. The van der Waals surface area contributed by atoms with Gasteiger partial charge in [0.1, 0.15) is 5.69 Å². The first-order valence-corrected chi connectivity index (χ1v) is 7.41. The quantitative estimate of drug-likeness (QED) is 0.463. The molecule has 20 heavy (non-hydrogen) atoms. The highest BCUT2D eigenvalue weighted by Gasteiger charge is 2.23. The number of carbonyl (C=O) groups excluding carboxylic acids is 1. The summed E-state index contributed by atoms with van der Waals surface area (Å²) >= 11 is 0. The molecule has 3 N–H and O–H groups in total. The van der Waals surface area contributed by atoms with E-state index in [4.69, 9.17) is 5.84 Å². The van der Waals surface area contributed by atoms with Gasteiger partial charge in [0.25, 0.3) is 11.6 Å². The number of nitrogens with zero attached hydrogens (tertiary/aromatic N) is 2. The van der Waals surface area contributed by atoms with Crippen LogP contribution in [0.5, 0.6) is 0 Å². The van der Waals surface area contributed by atoms with Gasteiger partial charge >= 0.3 is 0 Å². The molecule has 0 aromatic heterocycles. The molecular weight excluding hydrogens is 284 g/mol. The van der Waals surface area contributed by atoms with Crippen LogP contribution in [0, 0.1) is 10.1 Å². The first kappa shape index (κ1) is 14.4. The number of nitro groups is 1. The molecule has 1 aromatic rings. The summed E-state index contributed by atoms with van der Waals surface area (Å²) in [5, 5.41) is 10.8. The van der Waals surface area contributed by atoms with Crippen LogP contribution in [-0.4, -0.2) is 44.5 Å². The Kier molecular flexibility index (Phi) is 4.30. The SMILES string of the molecule is NNc1cc(C(=O)N2CCS(=O)CC2)ccc1[N+](=O)[O-]. The first-order valence-electron chi connectivity index (χ1n) is 5.92. The minimum atomic E-state index is -0.865. The second kappa shape index (κ2) is 5.97. The van der Waals surface area contributed by atoms with E-state index in [2.05, 4.69) is 5.43 Å². The van der Waals surface area contributed by atoms with E-state index >= 15 is 0 Å². The molecule has 2 rings (SSSR count). The summed E-state index contributed by atoms with van der Waals surface area (Å²) in [6, 6.07) is 3.99. The van der Waals surface area contributed by atoms with Crippen LogP contribution < -0.4 is 11.3 Å². The largest absolute Gasteiger partial charge is 0.337 e.